The van der Waals surface area contributed by atoms with Crippen molar-refractivity contribution in [1.82, 2.24) is 5.32 Å². The predicted molar refractivity (Wildman–Crippen MR) is 64.8 cm³/mol. The van der Waals surface area contributed by atoms with E-state index in [0.717, 1.165) is 18.4 Å². The molecule has 1 atom stereocenters. The first-order valence-corrected chi connectivity index (χ1v) is 6.14. The van der Waals surface area contributed by atoms with Crippen LogP contribution in [0.4, 0.5) is 4.39 Å². The van der Waals surface area contributed by atoms with Crippen LogP contribution in [0.25, 0.3) is 0 Å². The average molecular weight is 235 g/mol. The zero-order chi connectivity index (χ0) is 12.4. The van der Waals surface area contributed by atoms with Gasteiger partial charge in [0.15, 0.2) is 0 Å². The molecule has 2 nitrogen and oxygen atoms in total. The minimum absolute atomic E-state index is 0.0244. The summed E-state index contributed by atoms with van der Waals surface area (Å²) in [6, 6.07) is 6.34. The number of rotatable bonds is 4. The molecule has 0 radical (unpaired) electrons. The minimum Gasteiger partial charge on any atom is -0.349 e. The molecule has 1 saturated carbocycles. The molecule has 1 unspecified atom stereocenters. The van der Waals surface area contributed by atoms with Gasteiger partial charge in [-0.1, -0.05) is 26.0 Å². The Morgan fingerprint density at radius 1 is 1.29 bits per heavy atom. The lowest BCUT2D eigenvalue weighted by Crippen LogP contribution is -2.32. The molecular formula is C14H18FNO. The van der Waals surface area contributed by atoms with Crippen molar-refractivity contribution in [2.24, 2.45) is 11.8 Å². The molecule has 1 aromatic carbocycles. The summed E-state index contributed by atoms with van der Waals surface area (Å²) in [5.41, 5.74) is 0.968. The molecule has 2 rings (SSSR count). The smallest absolute Gasteiger partial charge is 0.223 e. The third-order valence-corrected chi connectivity index (χ3v) is 3.14. The lowest BCUT2D eigenvalue weighted by atomic mass is 9.96. The van der Waals surface area contributed by atoms with Crippen molar-refractivity contribution < 1.29 is 9.18 Å². The molecule has 0 aliphatic heterocycles. The number of halogens is 1. The average Bonchev–Trinajstić information content (AvgIpc) is 3.10. The zero-order valence-electron chi connectivity index (χ0n) is 10.2. The topological polar surface area (TPSA) is 29.1 Å². The van der Waals surface area contributed by atoms with Gasteiger partial charge in [-0.15, -0.1) is 0 Å². The van der Waals surface area contributed by atoms with Crippen LogP contribution < -0.4 is 5.32 Å². The van der Waals surface area contributed by atoms with Crippen molar-refractivity contribution in [1.29, 1.82) is 0 Å². The quantitative estimate of drug-likeness (QED) is 0.853. The second-order valence-corrected chi connectivity index (χ2v) is 5.06. The molecule has 0 saturated heterocycles. The van der Waals surface area contributed by atoms with Crippen molar-refractivity contribution in [3.05, 3.63) is 35.6 Å². The van der Waals surface area contributed by atoms with Gasteiger partial charge in [0.2, 0.25) is 5.91 Å². The summed E-state index contributed by atoms with van der Waals surface area (Å²) in [4.78, 5) is 11.8. The van der Waals surface area contributed by atoms with Crippen molar-refractivity contribution in [3.63, 3.8) is 0 Å². The van der Waals surface area contributed by atoms with E-state index < -0.39 is 0 Å². The SMILES string of the molecule is CC(C)C(NC(=O)C1CC1)c1ccc(F)cc1. The van der Waals surface area contributed by atoms with Gasteiger partial charge >= 0.3 is 0 Å². The van der Waals surface area contributed by atoms with Gasteiger partial charge in [0.1, 0.15) is 5.82 Å². The fourth-order valence-corrected chi connectivity index (χ4v) is 1.92. The second kappa shape index (κ2) is 4.86. The number of carbonyl (C=O) groups excluding carboxylic acids is 1. The monoisotopic (exact) mass is 235 g/mol. The Hall–Kier alpha value is -1.38. The Kier molecular flexibility index (Phi) is 3.46. The van der Waals surface area contributed by atoms with Crippen molar-refractivity contribution in [2.45, 2.75) is 32.7 Å². The highest BCUT2D eigenvalue weighted by Crippen LogP contribution is 2.31. The van der Waals surface area contributed by atoms with E-state index in [2.05, 4.69) is 19.2 Å². The molecule has 1 aliphatic carbocycles. The number of benzene rings is 1. The van der Waals surface area contributed by atoms with Crippen LogP contribution in [-0.4, -0.2) is 5.91 Å². The summed E-state index contributed by atoms with van der Waals surface area (Å²) in [5, 5.41) is 3.05. The van der Waals surface area contributed by atoms with Gasteiger partial charge in [0, 0.05) is 5.92 Å². The van der Waals surface area contributed by atoms with E-state index in [4.69, 9.17) is 0 Å². The first-order chi connectivity index (χ1) is 8.08. The maximum absolute atomic E-state index is 12.9. The summed E-state index contributed by atoms with van der Waals surface area (Å²) in [6.07, 6.45) is 2.00. The van der Waals surface area contributed by atoms with Crippen LogP contribution in [0.15, 0.2) is 24.3 Å². The molecule has 0 heterocycles. The highest BCUT2D eigenvalue weighted by atomic mass is 19.1. The molecule has 1 N–H and O–H groups in total. The molecule has 92 valence electrons. The van der Waals surface area contributed by atoms with Gasteiger partial charge in [-0.05, 0) is 36.5 Å². The summed E-state index contributed by atoms with van der Waals surface area (Å²) in [6.45, 7) is 4.11. The van der Waals surface area contributed by atoms with Gasteiger partial charge in [-0.3, -0.25) is 4.79 Å². The fraction of sp³-hybridized carbons (Fsp3) is 0.500. The van der Waals surface area contributed by atoms with Gasteiger partial charge in [0.25, 0.3) is 0 Å². The number of hydrogen-bond donors (Lipinski definition) is 1. The highest BCUT2D eigenvalue weighted by Gasteiger charge is 2.31. The highest BCUT2D eigenvalue weighted by molar-refractivity contribution is 5.81. The number of nitrogens with one attached hydrogen (secondary N) is 1. The lowest BCUT2D eigenvalue weighted by Gasteiger charge is -2.23. The Labute approximate surface area is 101 Å². The Morgan fingerprint density at radius 3 is 2.35 bits per heavy atom. The standard InChI is InChI=1S/C14H18FNO/c1-9(2)13(16-14(17)11-3-4-11)10-5-7-12(15)8-6-10/h5-9,11,13H,3-4H2,1-2H3,(H,16,17). The molecule has 0 spiro atoms. The largest absolute Gasteiger partial charge is 0.349 e. The van der Waals surface area contributed by atoms with Gasteiger partial charge in [-0.2, -0.15) is 0 Å². The summed E-state index contributed by atoms with van der Waals surface area (Å²) < 4.78 is 12.9. The summed E-state index contributed by atoms with van der Waals surface area (Å²) in [7, 11) is 0. The van der Waals surface area contributed by atoms with E-state index in [1.165, 1.54) is 12.1 Å². The van der Waals surface area contributed by atoms with Crippen LogP contribution in [0, 0.1) is 17.7 Å². The molecule has 1 aromatic rings. The van der Waals surface area contributed by atoms with Crippen molar-refractivity contribution in [3.8, 4) is 0 Å². The van der Waals surface area contributed by atoms with Crippen LogP contribution in [0.3, 0.4) is 0 Å². The van der Waals surface area contributed by atoms with Crippen molar-refractivity contribution in [2.75, 3.05) is 0 Å². The van der Waals surface area contributed by atoms with E-state index in [0.29, 0.717) is 5.92 Å². The molecule has 0 bridgehead atoms. The van der Waals surface area contributed by atoms with E-state index in [1.807, 2.05) is 0 Å². The summed E-state index contributed by atoms with van der Waals surface area (Å²) in [5.74, 6) is 0.387. The Balaban J connectivity index is 2.10. The van der Waals surface area contributed by atoms with E-state index in [1.54, 1.807) is 12.1 Å². The molecule has 1 amide bonds. The molecule has 1 fully saturated rings. The van der Waals surface area contributed by atoms with Crippen LogP contribution in [-0.2, 0) is 4.79 Å². The third-order valence-electron chi connectivity index (χ3n) is 3.14. The Morgan fingerprint density at radius 2 is 1.88 bits per heavy atom. The lowest BCUT2D eigenvalue weighted by molar-refractivity contribution is -0.123. The molecule has 17 heavy (non-hydrogen) atoms. The first kappa shape index (κ1) is 12.1. The number of hydrogen-bond acceptors (Lipinski definition) is 1. The minimum atomic E-state index is -0.246. The van der Waals surface area contributed by atoms with Crippen molar-refractivity contribution >= 4 is 5.91 Å². The summed E-state index contributed by atoms with van der Waals surface area (Å²) >= 11 is 0. The van der Waals surface area contributed by atoms with Crippen LogP contribution in [0.1, 0.15) is 38.3 Å². The maximum Gasteiger partial charge on any atom is 0.223 e. The molecule has 0 aromatic heterocycles. The van der Waals surface area contributed by atoms with Crippen LogP contribution in [0.5, 0.6) is 0 Å². The van der Waals surface area contributed by atoms with Crippen LogP contribution in [0.2, 0.25) is 0 Å². The van der Waals surface area contributed by atoms with Crippen LogP contribution >= 0.6 is 0 Å². The van der Waals surface area contributed by atoms with E-state index >= 15 is 0 Å². The molecular weight excluding hydrogens is 217 g/mol. The zero-order valence-corrected chi connectivity index (χ0v) is 10.2. The van der Waals surface area contributed by atoms with Gasteiger partial charge in [-0.25, -0.2) is 4.39 Å². The van der Waals surface area contributed by atoms with E-state index in [-0.39, 0.29) is 23.7 Å². The molecule has 3 heteroatoms. The first-order valence-electron chi connectivity index (χ1n) is 6.14. The number of amides is 1. The molecule has 1 aliphatic rings. The normalized spacial score (nSPS) is 16.9. The second-order valence-electron chi connectivity index (χ2n) is 5.06. The third kappa shape index (κ3) is 3.05. The fourth-order valence-electron chi connectivity index (χ4n) is 1.92. The van der Waals surface area contributed by atoms with E-state index in [9.17, 15) is 9.18 Å². The van der Waals surface area contributed by atoms with Gasteiger partial charge in [0.05, 0.1) is 6.04 Å². The maximum atomic E-state index is 12.9. The Bertz CT molecular complexity index is 395. The predicted octanol–water partition coefficient (Wildman–Crippen LogP) is 3.05. The number of carbonyl (C=O) groups is 1. The van der Waals surface area contributed by atoms with Gasteiger partial charge < -0.3 is 5.32 Å².